The Hall–Kier alpha value is -0.860. The van der Waals surface area contributed by atoms with Gasteiger partial charge in [-0.15, -0.1) is 0 Å². The number of rotatable bonds is 6. The molecule has 1 N–H and O–H groups in total. The largest absolute Gasteiger partial charge is 0.309 e. The number of hydrogen-bond donors (Lipinski definition) is 1. The number of likely N-dealkylation sites (tertiary alicyclic amines) is 1. The van der Waals surface area contributed by atoms with Gasteiger partial charge in [-0.1, -0.05) is 30.7 Å². The van der Waals surface area contributed by atoms with Gasteiger partial charge in [-0.3, -0.25) is 4.90 Å². The van der Waals surface area contributed by atoms with Crippen LogP contribution in [0, 0.1) is 19.8 Å². The Morgan fingerprint density at radius 2 is 2.14 bits per heavy atom. The van der Waals surface area contributed by atoms with Gasteiger partial charge in [-0.25, -0.2) is 0 Å². The first kappa shape index (κ1) is 15.1. The maximum Gasteiger partial charge on any atom is 0.0452 e. The lowest BCUT2D eigenvalue weighted by Gasteiger charge is -2.32. The van der Waals surface area contributed by atoms with E-state index in [9.17, 15) is 0 Å². The Morgan fingerprint density at radius 1 is 1.29 bits per heavy atom. The molecule has 1 heterocycles. The fourth-order valence-electron chi connectivity index (χ4n) is 4.21. The van der Waals surface area contributed by atoms with Crippen LogP contribution in [-0.4, -0.2) is 30.6 Å². The van der Waals surface area contributed by atoms with Crippen LogP contribution in [0.2, 0.25) is 0 Å². The number of nitrogens with zero attached hydrogens (tertiary/aromatic N) is 1. The van der Waals surface area contributed by atoms with Crippen molar-refractivity contribution in [2.24, 2.45) is 5.92 Å². The summed E-state index contributed by atoms with van der Waals surface area (Å²) in [4.78, 5) is 2.75. The second-order valence-corrected chi connectivity index (χ2v) is 7.15. The summed E-state index contributed by atoms with van der Waals surface area (Å²) in [5.41, 5.74) is 4.31. The van der Waals surface area contributed by atoms with E-state index >= 15 is 0 Å². The SMILES string of the molecule is CCCNC(CN1CC2CCC1C2)c1cc(C)ccc1C. The van der Waals surface area contributed by atoms with Crippen molar-refractivity contribution in [2.75, 3.05) is 19.6 Å². The van der Waals surface area contributed by atoms with Crippen LogP contribution in [0.5, 0.6) is 0 Å². The molecule has 2 heteroatoms. The van der Waals surface area contributed by atoms with E-state index in [4.69, 9.17) is 0 Å². The standard InChI is InChI=1S/C19H30N2/c1-4-9-20-19(18-10-14(2)5-6-15(18)3)13-21-12-16-7-8-17(21)11-16/h5-6,10,16-17,19-20H,4,7-9,11-13H2,1-3H3. The fourth-order valence-corrected chi connectivity index (χ4v) is 4.21. The molecule has 0 radical (unpaired) electrons. The molecule has 116 valence electrons. The van der Waals surface area contributed by atoms with Crippen LogP contribution in [0.1, 0.15) is 55.3 Å². The van der Waals surface area contributed by atoms with E-state index in [1.807, 2.05) is 0 Å². The number of benzene rings is 1. The predicted molar refractivity (Wildman–Crippen MR) is 89.7 cm³/mol. The van der Waals surface area contributed by atoms with Crippen LogP contribution in [0.4, 0.5) is 0 Å². The summed E-state index contributed by atoms with van der Waals surface area (Å²) in [5.74, 6) is 0.987. The van der Waals surface area contributed by atoms with Crippen molar-refractivity contribution in [1.82, 2.24) is 10.2 Å². The lowest BCUT2D eigenvalue weighted by atomic mass is 9.97. The highest BCUT2D eigenvalue weighted by atomic mass is 15.2. The maximum atomic E-state index is 3.80. The van der Waals surface area contributed by atoms with Gasteiger partial charge in [0.1, 0.15) is 0 Å². The smallest absolute Gasteiger partial charge is 0.0452 e. The van der Waals surface area contributed by atoms with Gasteiger partial charge in [-0.2, -0.15) is 0 Å². The normalized spacial score (nSPS) is 26.4. The average molecular weight is 286 g/mol. The highest BCUT2D eigenvalue weighted by molar-refractivity contribution is 5.33. The van der Waals surface area contributed by atoms with Crippen LogP contribution >= 0.6 is 0 Å². The molecular formula is C19H30N2. The highest BCUT2D eigenvalue weighted by Crippen LogP contribution is 2.38. The molecule has 0 aromatic heterocycles. The molecule has 1 saturated carbocycles. The number of hydrogen-bond acceptors (Lipinski definition) is 2. The third-order valence-electron chi connectivity index (χ3n) is 5.39. The Morgan fingerprint density at radius 3 is 2.81 bits per heavy atom. The Labute approximate surface area is 129 Å². The summed E-state index contributed by atoms with van der Waals surface area (Å²) in [7, 11) is 0. The van der Waals surface area contributed by atoms with Crippen molar-refractivity contribution >= 4 is 0 Å². The minimum absolute atomic E-state index is 0.490. The molecule has 2 bridgehead atoms. The van der Waals surface area contributed by atoms with Gasteiger partial charge in [-0.05, 0) is 63.1 Å². The molecule has 1 aromatic carbocycles. The highest BCUT2D eigenvalue weighted by Gasteiger charge is 2.38. The molecule has 1 saturated heterocycles. The van der Waals surface area contributed by atoms with Crippen molar-refractivity contribution in [2.45, 2.75) is 58.5 Å². The Balaban J connectivity index is 1.75. The summed E-state index contributed by atoms with van der Waals surface area (Å²) in [6.07, 6.45) is 5.55. The predicted octanol–water partition coefficient (Wildman–Crippen LogP) is 3.83. The summed E-state index contributed by atoms with van der Waals surface area (Å²) < 4.78 is 0. The van der Waals surface area contributed by atoms with E-state index in [2.05, 4.69) is 49.2 Å². The van der Waals surface area contributed by atoms with Crippen molar-refractivity contribution in [3.8, 4) is 0 Å². The maximum absolute atomic E-state index is 3.80. The minimum Gasteiger partial charge on any atom is -0.309 e. The van der Waals surface area contributed by atoms with Gasteiger partial charge in [0, 0.05) is 25.2 Å². The molecule has 1 aliphatic heterocycles. The van der Waals surface area contributed by atoms with E-state index in [-0.39, 0.29) is 0 Å². The first-order valence-corrected chi connectivity index (χ1v) is 8.72. The summed E-state index contributed by atoms with van der Waals surface area (Å²) in [5, 5.41) is 3.80. The zero-order chi connectivity index (χ0) is 14.8. The average Bonchev–Trinajstić information content (AvgIpc) is 3.08. The third-order valence-corrected chi connectivity index (χ3v) is 5.39. The van der Waals surface area contributed by atoms with Crippen LogP contribution < -0.4 is 5.32 Å². The number of fused-ring (bicyclic) bond motifs is 2. The number of piperidine rings is 1. The zero-order valence-electron chi connectivity index (χ0n) is 13.9. The first-order valence-electron chi connectivity index (χ1n) is 8.72. The van der Waals surface area contributed by atoms with E-state index in [0.29, 0.717) is 6.04 Å². The fraction of sp³-hybridized carbons (Fsp3) is 0.684. The van der Waals surface area contributed by atoms with Gasteiger partial charge in [0.15, 0.2) is 0 Å². The zero-order valence-corrected chi connectivity index (χ0v) is 13.9. The Kier molecular flexibility index (Phi) is 4.66. The summed E-state index contributed by atoms with van der Waals surface area (Å²) in [6, 6.07) is 8.25. The molecule has 0 amide bonds. The molecule has 1 aliphatic carbocycles. The van der Waals surface area contributed by atoms with E-state index in [1.165, 1.54) is 55.5 Å². The quantitative estimate of drug-likeness (QED) is 0.855. The molecule has 21 heavy (non-hydrogen) atoms. The van der Waals surface area contributed by atoms with Gasteiger partial charge in [0.25, 0.3) is 0 Å². The Bertz CT molecular complexity index is 482. The van der Waals surface area contributed by atoms with Crippen LogP contribution in [0.15, 0.2) is 18.2 Å². The molecule has 3 unspecified atom stereocenters. The molecule has 2 fully saturated rings. The summed E-state index contributed by atoms with van der Waals surface area (Å²) >= 11 is 0. The van der Waals surface area contributed by atoms with Crippen LogP contribution in [0.3, 0.4) is 0 Å². The minimum atomic E-state index is 0.490. The lowest BCUT2D eigenvalue weighted by molar-refractivity contribution is 0.191. The second-order valence-electron chi connectivity index (χ2n) is 7.15. The second kappa shape index (κ2) is 6.50. The molecule has 3 atom stereocenters. The molecule has 2 nitrogen and oxygen atoms in total. The molecule has 1 aromatic rings. The molecule has 3 rings (SSSR count). The van der Waals surface area contributed by atoms with Crippen molar-refractivity contribution in [3.63, 3.8) is 0 Å². The van der Waals surface area contributed by atoms with Gasteiger partial charge in [0.05, 0.1) is 0 Å². The molecule has 0 spiro atoms. The van der Waals surface area contributed by atoms with Gasteiger partial charge in [0.2, 0.25) is 0 Å². The molecular weight excluding hydrogens is 256 g/mol. The topological polar surface area (TPSA) is 15.3 Å². The van der Waals surface area contributed by atoms with Gasteiger partial charge < -0.3 is 5.32 Å². The molecule has 2 aliphatic rings. The van der Waals surface area contributed by atoms with Crippen molar-refractivity contribution < 1.29 is 0 Å². The number of aryl methyl sites for hydroxylation is 2. The van der Waals surface area contributed by atoms with E-state index in [0.717, 1.165) is 18.5 Å². The van der Waals surface area contributed by atoms with Gasteiger partial charge >= 0.3 is 0 Å². The lowest BCUT2D eigenvalue weighted by Crippen LogP contribution is -2.40. The van der Waals surface area contributed by atoms with E-state index < -0.39 is 0 Å². The van der Waals surface area contributed by atoms with E-state index in [1.54, 1.807) is 0 Å². The third kappa shape index (κ3) is 3.32. The summed E-state index contributed by atoms with van der Waals surface area (Å²) in [6.45, 7) is 10.3. The number of nitrogens with one attached hydrogen (secondary N) is 1. The monoisotopic (exact) mass is 286 g/mol. The van der Waals surface area contributed by atoms with Crippen molar-refractivity contribution in [3.05, 3.63) is 34.9 Å². The first-order chi connectivity index (χ1) is 10.2. The van der Waals surface area contributed by atoms with Crippen LogP contribution in [0.25, 0.3) is 0 Å². The van der Waals surface area contributed by atoms with Crippen LogP contribution in [-0.2, 0) is 0 Å². The van der Waals surface area contributed by atoms with Crippen molar-refractivity contribution in [1.29, 1.82) is 0 Å².